The number of morpholine rings is 1. The minimum Gasteiger partial charge on any atom is -0.662 e. The Kier molecular flexibility index (Phi) is 11.7. The number of amides is 1. The molecule has 2 unspecified atom stereocenters. The van der Waals surface area contributed by atoms with E-state index in [1.165, 1.54) is 32.1 Å². The fraction of sp³-hybridized carbons (Fsp3) is 0.731. The third kappa shape index (κ3) is 7.30. The summed E-state index contributed by atoms with van der Waals surface area (Å²) in [5, 5.41) is 18.6. The van der Waals surface area contributed by atoms with Crippen LogP contribution in [-0.2, 0) is 42.2 Å². The predicted molar refractivity (Wildman–Crippen MR) is 129 cm³/mol. The van der Waals surface area contributed by atoms with Crippen LogP contribution in [0.4, 0.5) is 8.78 Å². The molecule has 4 fully saturated rings. The molecule has 3 atom stereocenters. The Hall–Kier alpha value is -0.546. The van der Waals surface area contributed by atoms with Gasteiger partial charge in [-0.15, -0.1) is 13.1 Å². The van der Waals surface area contributed by atoms with Crippen molar-refractivity contribution in [1.82, 2.24) is 15.3 Å². The van der Waals surface area contributed by atoms with Crippen LogP contribution in [0.2, 0.25) is 0 Å². The summed E-state index contributed by atoms with van der Waals surface area (Å²) in [6.45, 7) is 5.19. The van der Waals surface area contributed by atoms with Gasteiger partial charge in [0.05, 0.1) is 12.6 Å². The molecule has 36 heavy (non-hydrogen) atoms. The van der Waals surface area contributed by atoms with Crippen molar-refractivity contribution >= 4 is 5.91 Å². The van der Waals surface area contributed by atoms with Gasteiger partial charge in [-0.1, -0.05) is 19.3 Å². The summed E-state index contributed by atoms with van der Waals surface area (Å²) >= 11 is 0. The van der Waals surface area contributed by atoms with Gasteiger partial charge >= 0.3 is 0 Å². The van der Waals surface area contributed by atoms with Gasteiger partial charge in [-0.2, -0.15) is 5.06 Å². The Bertz CT molecular complexity index is 858. The van der Waals surface area contributed by atoms with Gasteiger partial charge in [-0.05, 0) is 62.3 Å². The molecular formula is C26H39F2N4O3Y-. The van der Waals surface area contributed by atoms with Gasteiger partial charge in [0.1, 0.15) is 18.2 Å². The van der Waals surface area contributed by atoms with Crippen LogP contribution in [0.5, 0.6) is 0 Å². The molecular weight excluding hydrogens is 543 g/mol. The van der Waals surface area contributed by atoms with Crippen LogP contribution in [0, 0.1) is 23.0 Å². The Balaban J connectivity index is 0.000000196. The van der Waals surface area contributed by atoms with Crippen molar-refractivity contribution in [3.05, 3.63) is 40.7 Å². The largest absolute Gasteiger partial charge is 0.662 e. The van der Waals surface area contributed by atoms with E-state index in [0.29, 0.717) is 30.9 Å². The number of hydrogen-bond acceptors (Lipinski definition) is 5. The number of nitrogens with zero attached hydrogens (tertiary/aromatic N) is 3. The van der Waals surface area contributed by atoms with Crippen molar-refractivity contribution in [3.8, 4) is 0 Å². The Morgan fingerprint density at radius 1 is 1.22 bits per heavy atom. The zero-order valence-corrected chi connectivity index (χ0v) is 24.1. The number of nitrogens with one attached hydrogen (secondary N) is 1. The predicted octanol–water partition coefficient (Wildman–Crippen LogP) is 3.88. The van der Waals surface area contributed by atoms with Crippen LogP contribution >= 0.6 is 0 Å². The molecule has 5 rings (SSSR count). The summed E-state index contributed by atoms with van der Waals surface area (Å²) in [5.74, 6) is -0.120. The van der Waals surface area contributed by atoms with Gasteiger partial charge in [-0.3, -0.25) is 4.79 Å². The topological polar surface area (TPSA) is 79.1 Å². The number of halogens is 2. The molecule has 1 radical (unpaired) electrons. The van der Waals surface area contributed by atoms with Crippen molar-refractivity contribution in [2.24, 2.45) is 11.3 Å². The first kappa shape index (κ1) is 30.0. The van der Waals surface area contributed by atoms with Crippen LogP contribution in [-0.4, -0.2) is 80.1 Å². The number of ether oxygens (including phenoxy) is 1. The van der Waals surface area contributed by atoms with Gasteiger partial charge in [-0.25, -0.2) is 8.78 Å². The van der Waals surface area contributed by atoms with E-state index >= 15 is 0 Å². The molecule has 4 aliphatic rings. The van der Waals surface area contributed by atoms with E-state index in [4.69, 9.17) is 4.74 Å². The molecule has 3 saturated heterocycles. The third-order valence-corrected chi connectivity index (χ3v) is 8.35. The van der Waals surface area contributed by atoms with Gasteiger partial charge in [0.25, 0.3) is 0 Å². The van der Waals surface area contributed by atoms with E-state index in [9.17, 15) is 18.8 Å². The number of carbonyl (C=O) groups excluding carboxylic acids is 1. The summed E-state index contributed by atoms with van der Waals surface area (Å²) < 4.78 is 32.0. The number of carbonyl (C=O) groups is 1. The first-order chi connectivity index (χ1) is 16.9. The second-order valence-electron chi connectivity index (χ2n) is 10.4. The van der Waals surface area contributed by atoms with Crippen LogP contribution in [0.25, 0.3) is 5.32 Å². The number of hydroxylamine groups is 2. The number of rotatable bonds is 4. The van der Waals surface area contributed by atoms with Crippen molar-refractivity contribution in [1.29, 1.82) is 0 Å². The third-order valence-electron chi connectivity index (χ3n) is 8.35. The zero-order valence-electron chi connectivity index (χ0n) is 21.3. The maximum Gasteiger partial charge on any atom is 0.248 e. The Morgan fingerprint density at radius 2 is 2.00 bits per heavy atom. The molecule has 199 valence electrons. The summed E-state index contributed by atoms with van der Waals surface area (Å²) in [6.07, 6.45) is 7.87. The summed E-state index contributed by atoms with van der Waals surface area (Å²) in [7, 11) is 1.83. The molecule has 2 N–H and O–H groups in total. The summed E-state index contributed by atoms with van der Waals surface area (Å²) in [5.41, 5.74) is 0.643. The van der Waals surface area contributed by atoms with Crippen molar-refractivity contribution in [2.75, 3.05) is 53.0 Å². The second-order valence-corrected chi connectivity index (χ2v) is 10.4. The van der Waals surface area contributed by atoms with Gasteiger partial charge in [0, 0.05) is 63.9 Å². The normalized spacial score (nSPS) is 28.4. The smallest absolute Gasteiger partial charge is 0.248 e. The van der Waals surface area contributed by atoms with Crippen molar-refractivity contribution in [2.45, 2.75) is 57.0 Å². The molecule has 3 aliphatic heterocycles. The monoisotopic (exact) mass is 582 g/mol. The molecule has 10 heteroatoms. The van der Waals surface area contributed by atoms with E-state index in [0.717, 1.165) is 55.9 Å². The zero-order chi connectivity index (χ0) is 24.8. The summed E-state index contributed by atoms with van der Waals surface area (Å²) in [4.78, 5) is 13.9. The van der Waals surface area contributed by atoms with E-state index < -0.39 is 17.7 Å². The van der Waals surface area contributed by atoms with Crippen LogP contribution < -0.4 is 5.32 Å². The maximum atomic E-state index is 13.6. The minimum absolute atomic E-state index is 0. The molecule has 1 aromatic carbocycles. The standard InChI is InChI=1S/C14H23N2O2.C12H16F2N2O.Y/c17-13-10-18-8-7-16(13)9-12-3-6-15-11-14(12)4-1-2-5-14;1-15-9-4-5-16(17)12(7-9)10-6-8(13)2-3-11(10)14;/h12H,1-11H2;2-3,6,9,12,15,17H,4-5,7H2,1H3;/q-1;;/t12-;;/m0../s1. The average molecular weight is 583 g/mol. The molecule has 1 aromatic rings. The summed E-state index contributed by atoms with van der Waals surface area (Å²) in [6, 6.07) is 3.06. The van der Waals surface area contributed by atoms with Crippen LogP contribution in [0.3, 0.4) is 0 Å². The molecule has 0 aromatic heterocycles. The maximum absolute atomic E-state index is 13.6. The van der Waals surface area contributed by atoms with Crippen molar-refractivity contribution < 1.29 is 56.2 Å². The fourth-order valence-corrected chi connectivity index (χ4v) is 6.20. The molecule has 3 heterocycles. The molecule has 1 amide bonds. The van der Waals surface area contributed by atoms with Gasteiger partial charge in [0.2, 0.25) is 5.91 Å². The van der Waals surface area contributed by atoms with E-state index in [1.807, 2.05) is 11.9 Å². The van der Waals surface area contributed by atoms with Gasteiger partial charge in [0.15, 0.2) is 0 Å². The van der Waals surface area contributed by atoms with Gasteiger partial charge < -0.3 is 25.5 Å². The average Bonchev–Trinajstić information content (AvgIpc) is 3.33. The van der Waals surface area contributed by atoms with E-state index in [2.05, 4.69) is 10.6 Å². The Labute approximate surface area is 238 Å². The van der Waals surface area contributed by atoms with Crippen molar-refractivity contribution in [3.63, 3.8) is 0 Å². The van der Waals surface area contributed by atoms with Crippen LogP contribution in [0.1, 0.15) is 56.6 Å². The quantitative estimate of drug-likeness (QED) is 0.564. The van der Waals surface area contributed by atoms with Crippen LogP contribution in [0.15, 0.2) is 18.2 Å². The molecule has 1 saturated carbocycles. The van der Waals surface area contributed by atoms with E-state index in [-0.39, 0.29) is 56.8 Å². The minimum atomic E-state index is -0.489. The molecule has 1 spiro atoms. The molecule has 0 bridgehead atoms. The number of piperidine rings is 2. The van der Waals surface area contributed by atoms with E-state index in [1.54, 1.807) is 0 Å². The number of benzene rings is 1. The first-order valence-corrected chi connectivity index (χ1v) is 13.0. The second kappa shape index (κ2) is 14.0. The SMILES string of the molecule is CNC1CCN(O)C(c2cc(F)ccc2F)C1.O=C1COCCN1C[C@@H]1CC[N-]CC12CCCC2.[Y]. The molecule has 7 nitrogen and oxygen atoms in total. The first-order valence-electron chi connectivity index (χ1n) is 13.0. The number of hydrogen-bond donors (Lipinski definition) is 2. The fourth-order valence-electron chi connectivity index (χ4n) is 6.20. The Morgan fingerprint density at radius 3 is 2.72 bits per heavy atom. The molecule has 1 aliphatic carbocycles.